The molecule has 1 heterocycles. The van der Waals surface area contributed by atoms with Crippen LogP contribution in [0.1, 0.15) is 37.6 Å². The number of hydrogen-bond donors (Lipinski definition) is 0. The lowest BCUT2D eigenvalue weighted by Crippen LogP contribution is -2.34. The molecule has 2 aliphatic rings. The molecule has 0 spiro atoms. The fourth-order valence-corrected chi connectivity index (χ4v) is 3.18. The fourth-order valence-electron chi connectivity index (χ4n) is 3.18. The van der Waals surface area contributed by atoms with Crippen molar-refractivity contribution in [3.05, 3.63) is 35.7 Å². The molecule has 1 aromatic heterocycles. The summed E-state index contributed by atoms with van der Waals surface area (Å²) in [6.45, 7) is 3.38. The smallest absolute Gasteiger partial charge is 0.338 e. The predicted molar refractivity (Wildman–Crippen MR) is 90.1 cm³/mol. The minimum Gasteiger partial charge on any atom is -0.338 e. The third-order valence-electron chi connectivity index (χ3n) is 5.17. The zero-order valence-electron chi connectivity index (χ0n) is 14.9. The molecule has 2 saturated carbocycles. The normalized spacial score (nSPS) is 21.9. The van der Waals surface area contributed by atoms with Crippen LogP contribution in [0.3, 0.4) is 0 Å². The summed E-state index contributed by atoms with van der Waals surface area (Å²) in [5, 5.41) is 3.39. The van der Waals surface area contributed by atoms with Gasteiger partial charge >= 0.3 is 12.1 Å². The van der Waals surface area contributed by atoms with E-state index in [-0.39, 0.29) is 17.6 Å². The summed E-state index contributed by atoms with van der Waals surface area (Å²) in [6.07, 6.45) is -1.36. The van der Waals surface area contributed by atoms with E-state index in [0.717, 1.165) is 18.5 Å². The van der Waals surface area contributed by atoms with E-state index >= 15 is 0 Å². The summed E-state index contributed by atoms with van der Waals surface area (Å²) < 4.78 is 42.0. The summed E-state index contributed by atoms with van der Waals surface area (Å²) >= 11 is 0. The molecule has 27 heavy (non-hydrogen) atoms. The van der Waals surface area contributed by atoms with E-state index in [9.17, 15) is 18.0 Å². The summed E-state index contributed by atoms with van der Waals surface area (Å²) in [6, 6.07) is 6.89. The second kappa shape index (κ2) is 6.65. The number of carbonyl (C=O) groups excluding carboxylic acids is 1. The molecule has 8 heteroatoms. The van der Waals surface area contributed by atoms with Crippen molar-refractivity contribution in [3.8, 4) is 11.4 Å². The molecule has 0 saturated heterocycles. The van der Waals surface area contributed by atoms with Gasteiger partial charge < -0.3 is 9.42 Å². The highest BCUT2D eigenvalue weighted by molar-refractivity contribution is 5.81. The first kappa shape index (κ1) is 18.0. The van der Waals surface area contributed by atoms with Crippen LogP contribution in [0.4, 0.5) is 13.2 Å². The van der Waals surface area contributed by atoms with Crippen molar-refractivity contribution < 1.29 is 22.5 Å². The summed E-state index contributed by atoms with van der Waals surface area (Å²) in [5.41, 5.74) is 1.37. The molecule has 2 fully saturated rings. The van der Waals surface area contributed by atoms with E-state index in [1.807, 2.05) is 4.90 Å². The van der Waals surface area contributed by atoms with E-state index in [1.165, 1.54) is 12.8 Å². The predicted octanol–water partition coefficient (Wildman–Crippen LogP) is 4.15. The molecule has 0 aliphatic heterocycles. The van der Waals surface area contributed by atoms with Gasteiger partial charge in [-0.1, -0.05) is 36.3 Å². The summed E-state index contributed by atoms with van der Waals surface area (Å²) in [7, 11) is 0. The highest BCUT2D eigenvalue weighted by atomic mass is 19.4. The maximum absolute atomic E-state index is 12.7. The molecule has 5 nitrogen and oxygen atoms in total. The van der Waals surface area contributed by atoms with Crippen LogP contribution in [0, 0.1) is 17.8 Å². The van der Waals surface area contributed by atoms with Crippen molar-refractivity contribution in [3.63, 3.8) is 0 Å². The van der Waals surface area contributed by atoms with Gasteiger partial charge in [-0.2, -0.15) is 18.2 Å². The number of nitrogens with zero attached hydrogens (tertiary/aromatic N) is 3. The van der Waals surface area contributed by atoms with Crippen molar-refractivity contribution in [2.75, 3.05) is 6.54 Å². The highest BCUT2D eigenvalue weighted by Gasteiger charge is 2.42. The first-order valence-electron chi connectivity index (χ1n) is 9.10. The molecule has 2 aromatic rings. The van der Waals surface area contributed by atoms with Crippen molar-refractivity contribution in [1.29, 1.82) is 0 Å². The topological polar surface area (TPSA) is 59.2 Å². The Morgan fingerprint density at radius 3 is 2.44 bits per heavy atom. The standard InChI is InChI=1S/C19H20F3N3O2/c1-11-8-15(11)17(26)25(9-12-2-3-12)10-13-4-6-14(7-5-13)16-23-18(27-24-16)19(20,21)22/h4-7,11-12,15H,2-3,8-10H2,1H3. The second-order valence-corrected chi connectivity index (χ2v) is 7.60. The molecule has 2 unspecified atom stereocenters. The number of aromatic nitrogens is 2. The largest absolute Gasteiger partial charge is 0.471 e. The minimum atomic E-state index is -4.66. The van der Waals surface area contributed by atoms with Gasteiger partial charge in [-0.25, -0.2) is 0 Å². The number of hydrogen-bond acceptors (Lipinski definition) is 4. The average molecular weight is 379 g/mol. The maximum Gasteiger partial charge on any atom is 0.471 e. The number of carbonyl (C=O) groups is 1. The molecule has 4 rings (SSSR count). The van der Waals surface area contributed by atoms with E-state index < -0.39 is 12.1 Å². The first-order chi connectivity index (χ1) is 12.8. The van der Waals surface area contributed by atoms with Crippen molar-refractivity contribution in [2.45, 2.75) is 38.9 Å². The summed E-state index contributed by atoms with van der Waals surface area (Å²) in [4.78, 5) is 18.0. The van der Waals surface area contributed by atoms with E-state index in [0.29, 0.717) is 23.9 Å². The van der Waals surface area contributed by atoms with Gasteiger partial charge in [-0.05, 0) is 36.7 Å². The van der Waals surface area contributed by atoms with E-state index in [1.54, 1.807) is 24.3 Å². The van der Waals surface area contributed by atoms with Crippen molar-refractivity contribution >= 4 is 5.91 Å². The average Bonchev–Trinajstić information content (AvgIpc) is 3.52. The molecule has 0 bridgehead atoms. The first-order valence-corrected chi connectivity index (χ1v) is 9.10. The van der Waals surface area contributed by atoms with Crippen LogP contribution in [-0.2, 0) is 17.5 Å². The van der Waals surface area contributed by atoms with Gasteiger partial charge in [-0.15, -0.1) is 0 Å². The molecular formula is C19H20F3N3O2. The number of amides is 1. The van der Waals surface area contributed by atoms with Gasteiger partial charge in [0.2, 0.25) is 11.7 Å². The van der Waals surface area contributed by atoms with Crippen LogP contribution in [-0.4, -0.2) is 27.5 Å². The third-order valence-corrected chi connectivity index (χ3v) is 5.17. The second-order valence-electron chi connectivity index (χ2n) is 7.60. The van der Waals surface area contributed by atoms with Crippen LogP contribution < -0.4 is 0 Å². The Hall–Kier alpha value is -2.38. The van der Waals surface area contributed by atoms with Crippen LogP contribution in [0.25, 0.3) is 11.4 Å². The number of rotatable bonds is 6. The molecular weight excluding hydrogens is 359 g/mol. The SMILES string of the molecule is CC1CC1C(=O)N(Cc1ccc(-c2noc(C(F)(F)F)n2)cc1)CC1CC1. The Morgan fingerprint density at radius 1 is 1.26 bits per heavy atom. The number of alkyl halides is 3. The lowest BCUT2D eigenvalue weighted by Gasteiger charge is -2.23. The Labute approximate surface area is 154 Å². The fraction of sp³-hybridized carbons (Fsp3) is 0.526. The molecule has 2 aliphatic carbocycles. The lowest BCUT2D eigenvalue weighted by molar-refractivity contribution is -0.159. The quantitative estimate of drug-likeness (QED) is 0.757. The zero-order chi connectivity index (χ0) is 19.2. The number of halogens is 3. The van der Waals surface area contributed by atoms with Gasteiger partial charge in [0, 0.05) is 24.6 Å². The van der Waals surface area contributed by atoms with Gasteiger partial charge in [0.1, 0.15) is 0 Å². The Bertz CT molecular complexity index is 827. The molecule has 144 valence electrons. The molecule has 1 amide bonds. The molecule has 1 aromatic carbocycles. The van der Waals surface area contributed by atoms with Gasteiger partial charge in [0.25, 0.3) is 0 Å². The highest BCUT2D eigenvalue weighted by Crippen LogP contribution is 2.40. The Kier molecular flexibility index (Phi) is 4.44. The Morgan fingerprint density at radius 2 is 1.93 bits per heavy atom. The van der Waals surface area contributed by atoms with Gasteiger partial charge in [0.05, 0.1) is 0 Å². The monoisotopic (exact) mass is 379 g/mol. The van der Waals surface area contributed by atoms with Gasteiger partial charge in [0.15, 0.2) is 0 Å². The number of benzene rings is 1. The molecule has 0 N–H and O–H groups in total. The van der Waals surface area contributed by atoms with Crippen molar-refractivity contribution in [2.24, 2.45) is 17.8 Å². The third kappa shape index (κ3) is 4.14. The molecule has 0 radical (unpaired) electrons. The van der Waals surface area contributed by atoms with Crippen LogP contribution >= 0.6 is 0 Å². The van der Waals surface area contributed by atoms with Gasteiger partial charge in [-0.3, -0.25) is 4.79 Å². The molecule has 2 atom stereocenters. The van der Waals surface area contributed by atoms with E-state index in [4.69, 9.17) is 0 Å². The minimum absolute atomic E-state index is 0.105. The lowest BCUT2D eigenvalue weighted by atomic mass is 10.1. The maximum atomic E-state index is 12.7. The van der Waals surface area contributed by atoms with Crippen LogP contribution in [0.15, 0.2) is 28.8 Å². The zero-order valence-corrected chi connectivity index (χ0v) is 14.9. The Balaban J connectivity index is 1.45. The van der Waals surface area contributed by atoms with Crippen LogP contribution in [0.5, 0.6) is 0 Å². The van der Waals surface area contributed by atoms with E-state index in [2.05, 4.69) is 21.6 Å². The summed E-state index contributed by atoms with van der Waals surface area (Å²) in [5.74, 6) is -0.0485. The van der Waals surface area contributed by atoms with Crippen LogP contribution in [0.2, 0.25) is 0 Å². The van der Waals surface area contributed by atoms with Crippen molar-refractivity contribution in [1.82, 2.24) is 15.0 Å².